The Bertz CT molecular complexity index is 1370. The standard InChI is InChI=1S/C30H33N3O4.ClH/c1-19-15-16-22-10-4-5-11-23(22)24(19)17-33-27-13-7-6-12-26(27)32(28(35)14-8-9-20(2)34)18-25(30(33)37)21(3)29(31)36;/h4-7,10-13,15-16,21,25H,8-9,14,17-18H2,1-3H3,(H2,31,36);1H/t21?,25-;/m1./s1. The number of carbonyl (C=O) groups excluding carboxylic acids is 4. The van der Waals surface area contributed by atoms with E-state index in [9.17, 15) is 19.2 Å². The molecule has 2 N–H and O–H groups in total. The average molecular weight is 536 g/mol. The second kappa shape index (κ2) is 12.2. The Kier molecular flexibility index (Phi) is 9.28. The Hall–Kier alpha value is -3.71. The molecule has 0 saturated heterocycles. The lowest BCUT2D eigenvalue weighted by Crippen LogP contribution is -2.45. The molecule has 0 aromatic heterocycles. The van der Waals surface area contributed by atoms with Crippen LogP contribution < -0.4 is 15.5 Å². The average Bonchev–Trinajstić information content (AvgIpc) is 2.99. The van der Waals surface area contributed by atoms with Crippen LogP contribution in [0.2, 0.25) is 0 Å². The number of ketones is 1. The summed E-state index contributed by atoms with van der Waals surface area (Å²) in [5.41, 5.74) is 8.94. The van der Waals surface area contributed by atoms with Gasteiger partial charge in [0, 0.05) is 25.3 Å². The quantitative estimate of drug-likeness (QED) is 0.441. The minimum Gasteiger partial charge on any atom is -0.369 e. The number of rotatable bonds is 8. The number of aryl methyl sites for hydroxylation is 1. The first kappa shape index (κ1) is 28.9. The molecule has 3 aromatic carbocycles. The predicted molar refractivity (Wildman–Crippen MR) is 152 cm³/mol. The second-order valence-corrected chi connectivity index (χ2v) is 9.85. The van der Waals surface area contributed by atoms with Crippen LogP contribution in [-0.4, -0.2) is 30.0 Å². The number of fused-ring (bicyclic) bond motifs is 2. The third-order valence-electron chi connectivity index (χ3n) is 7.29. The summed E-state index contributed by atoms with van der Waals surface area (Å²) in [5.74, 6) is -2.58. The number of para-hydroxylation sites is 2. The number of amides is 3. The van der Waals surface area contributed by atoms with Gasteiger partial charge in [-0.15, -0.1) is 12.4 Å². The lowest BCUT2D eigenvalue weighted by Gasteiger charge is -2.28. The molecule has 1 unspecified atom stereocenters. The van der Waals surface area contributed by atoms with Crippen molar-refractivity contribution in [2.45, 2.75) is 46.6 Å². The maximum Gasteiger partial charge on any atom is 0.233 e. The molecule has 4 rings (SSSR count). The van der Waals surface area contributed by atoms with E-state index in [0.29, 0.717) is 24.2 Å². The molecule has 3 amide bonds. The number of anilines is 2. The first-order valence-corrected chi connectivity index (χ1v) is 12.7. The lowest BCUT2D eigenvalue weighted by atomic mass is 9.91. The number of nitrogens with zero attached hydrogens (tertiary/aromatic N) is 2. The highest BCUT2D eigenvalue weighted by atomic mass is 35.5. The van der Waals surface area contributed by atoms with Crippen LogP contribution in [0.4, 0.5) is 11.4 Å². The van der Waals surface area contributed by atoms with E-state index < -0.39 is 17.7 Å². The first-order chi connectivity index (χ1) is 17.7. The molecule has 0 spiro atoms. The highest BCUT2D eigenvalue weighted by Crippen LogP contribution is 2.38. The summed E-state index contributed by atoms with van der Waals surface area (Å²) in [6.45, 7) is 5.49. The van der Waals surface area contributed by atoms with E-state index in [0.717, 1.165) is 21.9 Å². The molecule has 1 aliphatic heterocycles. The van der Waals surface area contributed by atoms with Crippen LogP contribution >= 0.6 is 12.4 Å². The first-order valence-electron chi connectivity index (χ1n) is 12.7. The Labute approximate surface area is 229 Å². The van der Waals surface area contributed by atoms with Gasteiger partial charge < -0.3 is 20.3 Å². The van der Waals surface area contributed by atoms with E-state index in [1.165, 1.54) is 6.92 Å². The zero-order valence-corrected chi connectivity index (χ0v) is 22.8. The summed E-state index contributed by atoms with van der Waals surface area (Å²) < 4.78 is 0. The Balaban J connectivity index is 0.00000400. The van der Waals surface area contributed by atoms with Gasteiger partial charge in [0.1, 0.15) is 5.78 Å². The van der Waals surface area contributed by atoms with Gasteiger partial charge in [0.2, 0.25) is 17.7 Å². The Morgan fingerprint density at radius 1 is 0.974 bits per heavy atom. The van der Waals surface area contributed by atoms with Crippen molar-refractivity contribution in [3.8, 4) is 0 Å². The molecule has 0 saturated carbocycles. The number of hydrogen-bond donors (Lipinski definition) is 1. The summed E-state index contributed by atoms with van der Waals surface area (Å²) in [4.78, 5) is 54.5. The van der Waals surface area contributed by atoms with Gasteiger partial charge in [0.05, 0.1) is 23.8 Å². The van der Waals surface area contributed by atoms with Crippen LogP contribution in [-0.2, 0) is 25.7 Å². The van der Waals surface area contributed by atoms with Crippen molar-refractivity contribution >= 4 is 58.1 Å². The van der Waals surface area contributed by atoms with Crippen molar-refractivity contribution in [1.29, 1.82) is 0 Å². The molecule has 3 aromatic rings. The minimum absolute atomic E-state index is 0. The second-order valence-electron chi connectivity index (χ2n) is 9.85. The van der Waals surface area contributed by atoms with Crippen molar-refractivity contribution in [1.82, 2.24) is 0 Å². The van der Waals surface area contributed by atoms with Crippen LogP contribution in [0.5, 0.6) is 0 Å². The van der Waals surface area contributed by atoms with E-state index >= 15 is 0 Å². The van der Waals surface area contributed by atoms with Gasteiger partial charge in [-0.05, 0) is 54.3 Å². The van der Waals surface area contributed by atoms with Crippen molar-refractivity contribution in [3.05, 3.63) is 71.8 Å². The zero-order valence-electron chi connectivity index (χ0n) is 22.0. The van der Waals surface area contributed by atoms with Crippen LogP contribution in [0.15, 0.2) is 60.7 Å². The molecule has 1 aliphatic rings. The fourth-order valence-corrected chi connectivity index (χ4v) is 5.02. The van der Waals surface area contributed by atoms with Gasteiger partial charge in [-0.3, -0.25) is 14.4 Å². The number of primary amides is 1. The summed E-state index contributed by atoms with van der Waals surface area (Å²) in [6, 6.07) is 19.5. The third kappa shape index (κ3) is 5.89. The fraction of sp³-hybridized carbons (Fsp3) is 0.333. The van der Waals surface area contributed by atoms with Gasteiger partial charge in [-0.1, -0.05) is 55.5 Å². The maximum absolute atomic E-state index is 14.1. The van der Waals surface area contributed by atoms with Gasteiger partial charge in [-0.25, -0.2) is 0 Å². The molecule has 0 fully saturated rings. The number of benzene rings is 3. The summed E-state index contributed by atoms with van der Waals surface area (Å²) in [5, 5.41) is 2.12. The van der Waals surface area contributed by atoms with Gasteiger partial charge >= 0.3 is 0 Å². The minimum atomic E-state index is -0.808. The molecule has 7 nitrogen and oxygen atoms in total. The Morgan fingerprint density at radius 3 is 2.32 bits per heavy atom. The smallest absolute Gasteiger partial charge is 0.233 e. The Morgan fingerprint density at radius 2 is 1.63 bits per heavy atom. The third-order valence-corrected chi connectivity index (χ3v) is 7.29. The molecule has 0 bridgehead atoms. The number of Topliss-reactive ketones (excluding diaryl/α,β-unsaturated/α-hetero) is 1. The van der Waals surface area contributed by atoms with E-state index in [2.05, 4.69) is 6.07 Å². The lowest BCUT2D eigenvalue weighted by molar-refractivity contribution is -0.131. The van der Waals surface area contributed by atoms with Gasteiger partial charge in [-0.2, -0.15) is 0 Å². The SMILES string of the molecule is CC(=O)CCCC(=O)N1C[C@H](C(C)C(N)=O)C(=O)N(Cc2c(C)ccc3ccccc23)c2ccccc21.Cl. The van der Waals surface area contributed by atoms with E-state index in [1.54, 1.807) is 16.7 Å². The number of halogens is 1. The summed E-state index contributed by atoms with van der Waals surface area (Å²) in [6.07, 6.45) is 0.908. The van der Waals surface area contributed by atoms with E-state index in [4.69, 9.17) is 5.73 Å². The predicted octanol–water partition coefficient (Wildman–Crippen LogP) is 4.95. The summed E-state index contributed by atoms with van der Waals surface area (Å²) >= 11 is 0. The van der Waals surface area contributed by atoms with Gasteiger partial charge in [0.15, 0.2) is 0 Å². The molecular weight excluding hydrogens is 502 g/mol. The zero-order chi connectivity index (χ0) is 26.7. The van der Waals surface area contributed by atoms with Crippen LogP contribution in [0.3, 0.4) is 0 Å². The molecule has 1 heterocycles. The highest BCUT2D eigenvalue weighted by molar-refractivity contribution is 6.07. The number of nitrogens with two attached hydrogens (primary N) is 1. The maximum atomic E-state index is 14.1. The number of hydrogen-bond acceptors (Lipinski definition) is 4. The largest absolute Gasteiger partial charge is 0.369 e. The van der Waals surface area contributed by atoms with E-state index in [-0.39, 0.29) is 49.5 Å². The normalized spacial score (nSPS) is 15.9. The summed E-state index contributed by atoms with van der Waals surface area (Å²) in [7, 11) is 0. The van der Waals surface area contributed by atoms with Crippen molar-refractivity contribution in [2.24, 2.45) is 17.6 Å². The monoisotopic (exact) mass is 535 g/mol. The molecule has 200 valence electrons. The van der Waals surface area contributed by atoms with Crippen LogP contribution in [0, 0.1) is 18.8 Å². The molecule has 2 atom stereocenters. The van der Waals surface area contributed by atoms with E-state index in [1.807, 2.05) is 61.5 Å². The number of carbonyl (C=O) groups is 4. The van der Waals surface area contributed by atoms with Crippen molar-refractivity contribution in [3.63, 3.8) is 0 Å². The highest BCUT2D eigenvalue weighted by Gasteiger charge is 2.40. The van der Waals surface area contributed by atoms with Crippen molar-refractivity contribution in [2.75, 3.05) is 16.3 Å². The van der Waals surface area contributed by atoms with Crippen LogP contribution in [0.25, 0.3) is 10.8 Å². The molecule has 38 heavy (non-hydrogen) atoms. The molecule has 8 heteroatoms. The van der Waals surface area contributed by atoms with Crippen molar-refractivity contribution < 1.29 is 19.2 Å². The molecular formula is C30H34ClN3O4. The molecule has 0 aliphatic carbocycles. The fourth-order valence-electron chi connectivity index (χ4n) is 5.02. The van der Waals surface area contributed by atoms with Crippen LogP contribution in [0.1, 0.15) is 44.2 Å². The topological polar surface area (TPSA) is 101 Å². The molecule has 0 radical (unpaired) electrons. The van der Waals surface area contributed by atoms with Gasteiger partial charge in [0.25, 0.3) is 0 Å².